The highest BCUT2D eigenvalue weighted by Gasteiger charge is 2.47. The molecule has 4 rings (SSSR count). The third-order valence-electron chi connectivity index (χ3n) is 5.57. The summed E-state index contributed by atoms with van der Waals surface area (Å²) in [6, 6.07) is 5.82. The zero-order chi connectivity index (χ0) is 16.7. The van der Waals surface area contributed by atoms with Crippen LogP contribution in [-0.4, -0.2) is 29.0 Å². The third kappa shape index (κ3) is 2.50. The molecule has 0 bridgehead atoms. The van der Waals surface area contributed by atoms with E-state index < -0.39 is 0 Å². The maximum Gasteiger partial charge on any atom is 0.233 e. The van der Waals surface area contributed by atoms with Crippen LogP contribution in [0, 0.1) is 11.8 Å². The zero-order valence-corrected chi connectivity index (χ0v) is 13.7. The summed E-state index contributed by atoms with van der Waals surface area (Å²) in [7, 11) is 0. The summed E-state index contributed by atoms with van der Waals surface area (Å²) < 4.78 is 0. The molecule has 4 heteroatoms. The number of nitrogens with zero attached hydrogens (tertiary/aromatic N) is 1. The summed E-state index contributed by atoms with van der Waals surface area (Å²) in [6.45, 7) is -0.122. The molecule has 0 radical (unpaired) electrons. The third-order valence-corrected chi connectivity index (χ3v) is 5.57. The van der Waals surface area contributed by atoms with Crippen molar-refractivity contribution >= 4 is 17.6 Å². The molecule has 1 aromatic carbocycles. The molecule has 3 aliphatic rings. The molecule has 1 heterocycles. The second-order valence-electron chi connectivity index (χ2n) is 7.03. The standard InChI is InChI=1S/C20H21NO3/c22-18(15-10-9-13-5-1-2-6-14(13)11-15)12-21-19(23)16-7-3-4-8-17(16)20(21)24/h3-4,9-11,16-17H,1-2,5-8,12H2/t16-,17-/m0/s1. The molecule has 0 N–H and O–H groups in total. The highest BCUT2D eigenvalue weighted by Crippen LogP contribution is 2.35. The first kappa shape index (κ1) is 15.3. The Bertz CT molecular complexity index is 723. The summed E-state index contributed by atoms with van der Waals surface area (Å²) >= 11 is 0. The van der Waals surface area contributed by atoms with E-state index in [1.165, 1.54) is 22.4 Å². The van der Waals surface area contributed by atoms with E-state index in [9.17, 15) is 14.4 Å². The smallest absolute Gasteiger partial charge is 0.233 e. The van der Waals surface area contributed by atoms with Crippen LogP contribution >= 0.6 is 0 Å². The number of aryl methyl sites for hydroxylation is 2. The first-order valence-corrected chi connectivity index (χ1v) is 8.80. The van der Waals surface area contributed by atoms with Crippen LogP contribution in [0.5, 0.6) is 0 Å². The molecule has 2 atom stereocenters. The molecule has 2 aliphatic carbocycles. The SMILES string of the molecule is O=C(CN1C(=O)[C@H]2CC=CC[C@@H]2C1=O)c1ccc2c(c1)CCCC2. The average molecular weight is 323 g/mol. The van der Waals surface area contributed by atoms with E-state index >= 15 is 0 Å². The molecular weight excluding hydrogens is 302 g/mol. The maximum absolute atomic E-state index is 12.6. The van der Waals surface area contributed by atoms with Gasteiger partial charge in [-0.15, -0.1) is 0 Å². The average Bonchev–Trinajstić information content (AvgIpc) is 2.86. The molecule has 1 aromatic rings. The van der Waals surface area contributed by atoms with Crippen LogP contribution in [0.15, 0.2) is 30.4 Å². The highest BCUT2D eigenvalue weighted by atomic mass is 16.2. The van der Waals surface area contributed by atoms with Crippen LogP contribution in [0.3, 0.4) is 0 Å². The predicted molar refractivity (Wildman–Crippen MR) is 89.5 cm³/mol. The molecule has 124 valence electrons. The monoisotopic (exact) mass is 323 g/mol. The van der Waals surface area contributed by atoms with Gasteiger partial charge in [0.2, 0.25) is 11.8 Å². The van der Waals surface area contributed by atoms with Gasteiger partial charge in [0.1, 0.15) is 0 Å². The lowest BCUT2D eigenvalue weighted by molar-refractivity contribution is -0.139. The van der Waals surface area contributed by atoms with Crippen molar-refractivity contribution in [1.29, 1.82) is 0 Å². The normalized spacial score (nSPS) is 25.6. The lowest BCUT2D eigenvalue weighted by Crippen LogP contribution is -2.36. The van der Waals surface area contributed by atoms with Crippen molar-refractivity contribution in [2.24, 2.45) is 11.8 Å². The van der Waals surface area contributed by atoms with E-state index in [4.69, 9.17) is 0 Å². The fraction of sp³-hybridized carbons (Fsp3) is 0.450. The highest BCUT2D eigenvalue weighted by molar-refractivity contribution is 6.10. The number of rotatable bonds is 3. The Kier molecular flexibility index (Phi) is 3.83. The Balaban J connectivity index is 1.52. The van der Waals surface area contributed by atoms with Crippen molar-refractivity contribution in [3.63, 3.8) is 0 Å². The number of hydrogen-bond acceptors (Lipinski definition) is 3. The lowest BCUT2D eigenvalue weighted by Gasteiger charge is -2.17. The molecule has 1 fully saturated rings. The number of fused-ring (bicyclic) bond motifs is 2. The number of carbonyl (C=O) groups excluding carboxylic acids is 3. The minimum Gasteiger partial charge on any atom is -0.292 e. The van der Waals surface area contributed by atoms with Crippen molar-refractivity contribution < 1.29 is 14.4 Å². The number of Topliss-reactive ketones (excluding diaryl/α,β-unsaturated/α-hetero) is 1. The number of amides is 2. The fourth-order valence-corrected chi connectivity index (χ4v) is 4.17. The molecular formula is C20H21NO3. The number of carbonyl (C=O) groups is 3. The van der Waals surface area contributed by atoms with Crippen molar-refractivity contribution in [2.45, 2.75) is 38.5 Å². The van der Waals surface area contributed by atoms with Gasteiger partial charge in [0.05, 0.1) is 18.4 Å². The predicted octanol–water partition coefficient (Wildman–Crippen LogP) is 2.70. The van der Waals surface area contributed by atoms with Gasteiger partial charge in [-0.1, -0.05) is 24.3 Å². The quantitative estimate of drug-likeness (QED) is 0.488. The molecule has 1 saturated heterocycles. The first-order chi connectivity index (χ1) is 11.6. The Morgan fingerprint density at radius 2 is 1.58 bits per heavy atom. The van der Waals surface area contributed by atoms with E-state index in [-0.39, 0.29) is 36.0 Å². The van der Waals surface area contributed by atoms with Gasteiger partial charge in [0, 0.05) is 5.56 Å². The van der Waals surface area contributed by atoms with Gasteiger partial charge >= 0.3 is 0 Å². The van der Waals surface area contributed by atoms with Gasteiger partial charge < -0.3 is 0 Å². The Morgan fingerprint density at radius 1 is 0.958 bits per heavy atom. The zero-order valence-electron chi connectivity index (χ0n) is 13.7. The van der Waals surface area contributed by atoms with Crippen LogP contribution in [0.1, 0.15) is 47.2 Å². The summed E-state index contributed by atoms with van der Waals surface area (Å²) in [5.74, 6) is -1.03. The number of likely N-dealkylation sites (tertiary alicyclic amines) is 1. The maximum atomic E-state index is 12.6. The molecule has 0 spiro atoms. The van der Waals surface area contributed by atoms with Crippen LogP contribution in [0.25, 0.3) is 0 Å². The van der Waals surface area contributed by atoms with Crippen molar-refractivity contribution in [1.82, 2.24) is 4.90 Å². The molecule has 4 nitrogen and oxygen atoms in total. The van der Waals surface area contributed by atoms with E-state index in [0.29, 0.717) is 18.4 Å². The van der Waals surface area contributed by atoms with Gasteiger partial charge in [0.25, 0.3) is 0 Å². The Labute approximate surface area is 141 Å². The summed E-state index contributed by atoms with van der Waals surface area (Å²) in [5.41, 5.74) is 3.18. The van der Waals surface area contributed by atoms with Crippen LogP contribution < -0.4 is 0 Å². The molecule has 1 aliphatic heterocycles. The van der Waals surface area contributed by atoms with Crippen LogP contribution in [0.2, 0.25) is 0 Å². The number of ketones is 1. The number of hydrogen-bond donors (Lipinski definition) is 0. The largest absolute Gasteiger partial charge is 0.292 e. The molecule has 0 aromatic heterocycles. The van der Waals surface area contributed by atoms with E-state index in [1.807, 2.05) is 30.4 Å². The van der Waals surface area contributed by atoms with Gasteiger partial charge in [0.15, 0.2) is 5.78 Å². The van der Waals surface area contributed by atoms with E-state index in [0.717, 1.165) is 19.3 Å². The second-order valence-corrected chi connectivity index (χ2v) is 7.03. The number of imide groups is 1. The summed E-state index contributed by atoms with van der Waals surface area (Å²) in [5, 5.41) is 0. The van der Waals surface area contributed by atoms with Crippen molar-refractivity contribution in [3.8, 4) is 0 Å². The topological polar surface area (TPSA) is 54.5 Å². The van der Waals surface area contributed by atoms with Gasteiger partial charge in [-0.2, -0.15) is 0 Å². The summed E-state index contributed by atoms with van der Waals surface area (Å²) in [6.07, 6.45) is 9.58. The van der Waals surface area contributed by atoms with E-state index in [2.05, 4.69) is 0 Å². The Hall–Kier alpha value is -2.23. The molecule has 0 unspecified atom stereocenters. The van der Waals surface area contributed by atoms with Crippen LogP contribution in [-0.2, 0) is 22.4 Å². The fourth-order valence-electron chi connectivity index (χ4n) is 4.17. The molecule has 2 amide bonds. The first-order valence-electron chi connectivity index (χ1n) is 8.80. The van der Waals surface area contributed by atoms with Crippen molar-refractivity contribution in [2.75, 3.05) is 6.54 Å². The van der Waals surface area contributed by atoms with Gasteiger partial charge in [-0.3, -0.25) is 19.3 Å². The van der Waals surface area contributed by atoms with Crippen LogP contribution in [0.4, 0.5) is 0 Å². The van der Waals surface area contributed by atoms with Crippen molar-refractivity contribution in [3.05, 3.63) is 47.0 Å². The van der Waals surface area contributed by atoms with Gasteiger partial charge in [-0.05, 0) is 55.7 Å². The minimum absolute atomic E-state index is 0.122. The van der Waals surface area contributed by atoms with Gasteiger partial charge in [-0.25, -0.2) is 0 Å². The molecule has 0 saturated carbocycles. The minimum atomic E-state index is -0.265. The lowest BCUT2D eigenvalue weighted by atomic mass is 9.85. The second kappa shape index (κ2) is 6.00. The van der Waals surface area contributed by atoms with E-state index in [1.54, 1.807) is 0 Å². The summed E-state index contributed by atoms with van der Waals surface area (Å²) in [4.78, 5) is 38.7. The number of benzene rings is 1. The number of allylic oxidation sites excluding steroid dienone is 2. The Morgan fingerprint density at radius 3 is 2.25 bits per heavy atom. The molecule has 24 heavy (non-hydrogen) atoms.